The molecule has 0 radical (unpaired) electrons. The van der Waals surface area contributed by atoms with Crippen LogP contribution in [0.1, 0.15) is 19.4 Å². The minimum absolute atomic E-state index is 0.165. The summed E-state index contributed by atoms with van der Waals surface area (Å²) in [6.45, 7) is 3.86. The summed E-state index contributed by atoms with van der Waals surface area (Å²) in [5.41, 5.74) is -0.380. The largest absolute Gasteiger partial charge is 0.508 e. The van der Waals surface area contributed by atoms with Crippen molar-refractivity contribution in [2.24, 2.45) is 0 Å². The quantitative estimate of drug-likeness (QED) is 0.812. The van der Waals surface area contributed by atoms with Gasteiger partial charge in [-0.25, -0.2) is 4.79 Å². The standard InChI is InChI=1S/C19H20O6/c1-3-22-18(21)19(2,11-13-4-6-14(20)7-5-13)25-15-8-9-16-17(10-15)24-12-23-16/h4-10,20H,3,11-12H2,1-2H3. The lowest BCUT2D eigenvalue weighted by atomic mass is 9.96. The molecular weight excluding hydrogens is 324 g/mol. The summed E-state index contributed by atoms with van der Waals surface area (Å²) in [6.07, 6.45) is 0.292. The van der Waals surface area contributed by atoms with Crippen LogP contribution in [-0.4, -0.2) is 30.1 Å². The summed E-state index contributed by atoms with van der Waals surface area (Å²) in [5.74, 6) is 1.41. The van der Waals surface area contributed by atoms with Gasteiger partial charge in [0, 0.05) is 12.5 Å². The first-order valence-corrected chi connectivity index (χ1v) is 8.04. The van der Waals surface area contributed by atoms with Crippen LogP contribution >= 0.6 is 0 Å². The van der Waals surface area contributed by atoms with Crippen molar-refractivity contribution >= 4 is 5.97 Å². The topological polar surface area (TPSA) is 74.2 Å². The van der Waals surface area contributed by atoms with E-state index in [-0.39, 0.29) is 19.1 Å². The summed E-state index contributed by atoms with van der Waals surface area (Å²) >= 11 is 0. The van der Waals surface area contributed by atoms with Crippen LogP contribution in [0.3, 0.4) is 0 Å². The molecule has 1 aliphatic rings. The first-order chi connectivity index (χ1) is 12.0. The maximum Gasteiger partial charge on any atom is 0.350 e. The number of carbonyl (C=O) groups is 1. The van der Waals surface area contributed by atoms with Crippen LogP contribution in [0.25, 0.3) is 0 Å². The highest BCUT2D eigenvalue weighted by Gasteiger charge is 2.38. The van der Waals surface area contributed by atoms with E-state index in [0.717, 1.165) is 5.56 Å². The summed E-state index contributed by atoms with van der Waals surface area (Å²) in [6, 6.07) is 11.8. The van der Waals surface area contributed by atoms with E-state index in [2.05, 4.69) is 0 Å². The predicted molar refractivity (Wildman–Crippen MR) is 90.0 cm³/mol. The van der Waals surface area contributed by atoms with Crippen molar-refractivity contribution in [1.82, 2.24) is 0 Å². The molecule has 0 fully saturated rings. The summed E-state index contributed by atoms with van der Waals surface area (Å²) in [4.78, 5) is 12.5. The molecule has 0 aliphatic carbocycles. The zero-order valence-corrected chi connectivity index (χ0v) is 14.2. The van der Waals surface area contributed by atoms with Gasteiger partial charge in [-0.05, 0) is 43.7 Å². The molecule has 2 aromatic rings. The molecule has 0 amide bonds. The first kappa shape index (κ1) is 17.0. The van der Waals surface area contributed by atoms with Crippen molar-refractivity contribution < 1.29 is 28.8 Å². The maximum atomic E-state index is 12.5. The minimum atomic E-state index is -1.22. The molecule has 132 valence electrons. The van der Waals surface area contributed by atoms with Crippen molar-refractivity contribution in [1.29, 1.82) is 0 Å². The van der Waals surface area contributed by atoms with Gasteiger partial charge in [0.05, 0.1) is 6.61 Å². The van der Waals surface area contributed by atoms with Gasteiger partial charge < -0.3 is 24.1 Å². The molecule has 0 saturated heterocycles. The highest BCUT2D eigenvalue weighted by atomic mass is 16.7. The van der Waals surface area contributed by atoms with Gasteiger partial charge >= 0.3 is 5.97 Å². The fourth-order valence-corrected chi connectivity index (χ4v) is 2.64. The molecule has 25 heavy (non-hydrogen) atoms. The van der Waals surface area contributed by atoms with Crippen molar-refractivity contribution in [2.75, 3.05) is 13.4 Å². The zero-order chi connectivity index (χ0) is 17.9. The van der Waals surface area contributed by atoms with Crippen LogP contribution in [0.4, 0.5) is 0 Å². The second-order valence-electron chi connectivity index (χ2n) is 5.91. The minimum Gasteiger partial charge on any atom is -0.508 e. The number of phenols is 1. The molecule has 1 heterocycles. The van der Waals surface area contributed by atoms with Crippen molar-refractivity contribution in [3.8, 4) is 23.0 Å². The number of rotatable bonds is 6. The van der Waals surface area contributed by atoms with Crippen LogP contribution in [0.2, 0.25) is 0 Å². The highest BCUT2D eigenvalue weighted by Crippen LogP contribution is 2.36. The normalized spacial score (nSPS) is 14.6. The molecule has 1 N–H and O–H groups in total. The van der Waals surface area contributed by atoms with Gasteiger partial charge in [0.15, 0.2) is 11.5 Å². The molecular formula is C19H20O6. The average Bonchev–Trinajstić information content (AvgIpc) is 3.05. The van der Waals surface area contributed by atoms with Crippen LogP contribution in [0.5, 0.6) is 23.0 Å². The van der Waals surface area contributed by atoms with Crippen molar-refractivity contribution in [3.63, 3.8) is 0 Å². The number of aromatic hydroxyl groups is 1. The number of hydrogen-bond donors (Lipinski definition) is 1. The number of esters is 1. The van der Waals surface area contributed by atoms with Gasteiger partial charge in [-0.1, -0.05) is 12.1 Å². The predicted octanol–water partition coefficient (Wildman–Crippen LogP) is 3.06. The Morgan fingerprint density at radius 3 is 2.60 bits per heavy atom. The summed E-state index contributed by atoms with van der Waals surface area (Å²) < 4.78 is 21.8. The van der Waals surface area contributed by atoms with Crippen molar-refractivity contribution in [2.45, 2.75) is 25.9 Å². The maximum absolute atomic E-state index is 12.5. The smallest absolute Gasteiger partial charge is 0.350 e. The Labute approximate surface area is 145 Å². The zero-order valence-electron chi connectivity index (χ0n) is 14.2. The molecule has 0 aromatic heterocycles. The Balaban J connectivity index is 1.85. The van der Waals surface area contributed by atoms with E-state index >= 15 is 0 Å². The lowest BCUT2D eigenvalue weighted by Crippen LogP contribution is -2.45. The van der Waals surface area contributed by atoms with E-state index in [1.807, 2.05) is 0 Å². The third kappa shape index (κ3) is 3.79. The Kier molecular flexibility index (Phi) is 4.70. The van der Waals surface area contributed by atoms with Gasteiger partial charge in [-0.2, -0.15) is 0 Å². The first-order valence-electron chi connectivity index (χ1n) is 8.04. The number of hydrogen-bond acceptors (Lipinski definition) is 6. The van der Waals surface area contributed by atoms with Gasteiger partial charge in [-0.3, -0.25) is 0 Å². The van der Waals surface area contributed by atoms with Crippen LogP contribution in [-0.2, 0) is 16.0 Å². The SMILES string of the molecule is CCOC(=O)C(C)(Cc1ccc(O)cc1)Oc1ccc2c(c1)OCO2. The Morgan fingerprint density at radius 1 is 1.16 bits per heavy atom. The van der Waals surface area contributed by atoms with E-state index in [4.69, 9.17) is 18.9 Å². The number of phenolic OH excluding ortho intramolecular Hbond substituents is 1. The molecule has 1 aliphatic heterocycles. The van der Waals surface area contributed by atoms with E-state index in [9.17, 15) is 9.90 Å². The molecule has 6 nitrogen and oxygen atoms in total. The second kappa shape index (κ2) is 6.93. The molecule has 2 aromatic carbocycles. The summed E-state index contributed by atoms with van der Waals surface area (Å²) in [5, 5.41) is 9.42. The lowest BCUT2D eigenvalue weighted by molar-refractivity contribution is -0.160. The fourth-order valence-electron chi connectivity index (χ4n) is 2.64. The van der Waals surface area contributed by atoms with Gasteiger partial charge in [0.1, 0.15) is 11.5 Å². The van der Waals surface area contributed by atoms with Crippen LogP contribution < -0.4 is 14.2 Å². The van der Waals surface area contributed by atoms with Crippen molar-refractivity contribution in [3.05, 3.63) is 48.0 Å². The fraction of sp³-hybridized carbons (Fsp3) is 0.316. The summed E-state index contributed by atoms with van der Waals surface area (Å²) in [7, 11) is 0. The molecule has 1 atom stereocenters. The molecule has 0 bridgehead atoms. The second-order valence-corrected chi connectivity index (χ2v) is 5.91. The Bertz CT molecular complexity index is 755. The number of ether oxygens (including phenoxy) is 4. The van der Waals surface area contributed by atoms with Crippen LogP contribution in [0.15, 0.2) is 42.5 Å². The monoisotopic (exact) mass is 344 g/mol. The molecule has 0 saturated carbocycles. The van der Waals surface area contributed by atoms with Gasteiger partial charge in [0.25, 0.3) is 0 Å². The van der Waals surface area contributed by atoms with E-state index in [1.165, 1.54) is 0 Å². The number of carbonyl (C=O) groups excluding carboxylic acids is 1. The average molecular weight is 344 g/mol. The molecule has 0 spiro atoms. The molecule has 1 unspecified atom stereocenters. The molecule has 6 heteroatoms. The lowest BCUT2D eigenvalue weighted by Gasteiger charge is -2.28. The Hall–Kier alpha value is -2.89. The van der Waals surface area contributed by atoms with E-state index in [0.29, 0.717) is 23.7 Å². The van der Waals surface area contributed by atoms with Crippen LogP contribution in [0, 0.1) is 0 Å². The third-order valence-electron chi connectivity index (χ3n) is 3.87. The van der Waals surface area contributed by atoms with E-state index in [1.54, 1.807) is 56.3 Å². The highest BCUT2D eigenvalue weighted by molar-refractivity contribution is 5.80. The Morgan fingerprint density at radius 2 is 1.88 bits per heavy atom. The number of benzene rings is 2. The van der Waals surface area contributed by atoms with E-state index < -0.39 is 11.6 Å². The van der Waals surface area contributed by atoms with Gasteiger partial charge in [0.2, 0.25) is 12.4 Å². The number of fused-ring (bicyclic) bond motifs is 1. The van der Waals surface area contributed by atoms with Gasteiger partial charge in [-0.15, -0.1) is 0 Å². The molecule has 3 rings (SSSR count). The third-order valence-corrected chi connectivity index (χ3v) is 3.87.